The van der Waals surface area contributed by atoms with Crippen LogP contribution in [0.2, 0.25) is 10.0 Å². The number of nitrogens with zero attached hydrogens (tertiary/aromatic N) is 2. The molecular formula is C26H19Cl2N3OS. The van der Waals surface area contributed by atoms with E-state index in [4.69, 9.17) is 28.9 Å². The first-order chi connectivity index (χ1) is 16.0. The van der Waals surface area contributed by atoms with Crippen molar-refractivity contribution in [2.24, 2.45) is 10.7 Å². The van der Waals surface area contributed by atoms with Crippen LogP contribution in [-0.2, 0) is 4.79 Å². The molecule has 7 heteroatoms. The van der Waals surface area contributed by atoms with Crippen LogP contribution in [-0.4, -0.2) is 16.0 Å². The summed E-state index contributed by atoms with van der Waals surface area (Å²) in [6.07, 6.45) is 0. The van der Waals surface area contributed by atoms with Crippen LogP contribution in [0.3, 0.4) is 0 Å². The second kappa shape index (κ2) is 8.75. The molecule has 0 aliphatic carbocycles. The minimum Gasteiger partial charge on any atom is -0.366 e. The summed E-state index contributed by atoms with van der Waals surface area (Å²) in [7, 11) is 0. The highest BCUT2D eigenvalue weighted by Crippen LogP contribution is 2.48. The summed E-state index contributed by atoms with van der Waals surface area (Å²) in [5.41, 5.74) is 11.7. The number of aliphatic imine (C=N–C) groups is 1. The van der Waals surface area contributed by atoms with E-state index in [1.54, 1.807) is 13.0 Å². The van der Waals surface area contributed by atoms with Crippen LogP contribution in [0.5, 0.6) is 0 Å². The highest BCUT2D eigenvalue weighted by atomic mass is 35.5. The molecule has 3 aromatic rings. The van der Waals surface area contributed by atoms with E-state index in [0.29, 0.717) is 26.9 Å². The molecule has 3 aromatic carbocycles. The average molecular weight is 492 g/mol. The minimum atomic E-state index is -0.535. The van der Waals surface area contributed by atoms with Gasteiger partial charge in [-0.25, -0.2) is 4.99 Å². The van der Waals surface area contributed by atoms with Crippen molar-refractivity contribution in [3.05, 3.63) is 111 Å². The predicted molar refractivity (Wildman–Crippen MR) is 138 cm³/mol. The fourth-order valence-corrected chi connectivity index (χ4v) is 5.58. The van der Waals surface area contributed by atoms with E-state index < -0.39 is 11.9 Å². The first kappa shape index (κ1) is 21.8. The highest BCUT2D eigenvalue weighted by Gasteiger charge is 2.40. The van der Waals surface area contributed by atoms with Crippen LogP contribution in [0.15, 0.2) is 94.5 Å². The number of benzene rings is 3. The molecule has 0 aromatic heterocycles. The molecule has 0 unspecified atom stereocenters. The molecule has 2 aliphatic heterocycles. The molecular weight excluding hydrogens is 473 g/mol. The molecule has 1 atom stereocenters. The maximum Gasteiger partial charge on any atom is 0.248 e. The summed E-state index contributed by atoms with van der Waals surface area (Å²) in [5.74, 6) is -0.535. The van der Waals surface area contributed by atoms with Gasteiger partial charge in [0.15, 0.2) is 5.17 Å². The number of hydrogen-bond acceptors (Lipinski definition) is 4. The van der Waals surface area contributed by atoms with Gasteiger partial charge >= 0.3 is 0 Å². The highest BCUT2D eigenvalue weighted by molar-refractivity contribution is 8.16. The number of fused-ring (bicyclic) bond motifs is 1. The molecule has 5 rings (SSSR count). The van der Waals surface area contributed by atoms with Crippen LogP contribution < -0.4 is 5.73 Å². The van der Waals surface area contributed by atoms with Gasteiger partial charge in [-0.15, -0.1) is 0 Å². The lowest BCUT2D eigenvalue weighted by molar-refractivity contribution is -0.115. The average Bonchev–Trinajstić information content (AvgIpc) is 3.24. The monoisotopic (exact) mass is 491 g/mol. The molecule has 2 heterocycles. The maximum absolute atomic E-state index is 12.5. The number of allylic oxidation sites excluding steroid dienone is 1. The van der Waals surface area contributed by atoms with Crippen molar-refractivity contribution >= 4 is 51.7 Å². The molecule has 0 spiro atoms. The van der Waals surface area contributed by atoms with Gasteiger partial charge in [0.1, 0.15) is 0 Å². The Hall–Kier alpha value is -2.99. The van der Waals surface area contributed by atoms with Crippen molar-refractivity contribution < 1.29 is 4.79 Å². The lowest BCUT2D eigenvalue weighted by Gasteiger charge is -2.36. The van der Waals surface area contributed by atoms with Crippen molar-refractivity contribution in [1.29, 1.82) is 0 Å². The largest absolute Gasteiger partial charge is 0.366 e. The first-order valence-electron chi connectivity index (χ1n) is 10.3. The molecule has 4 nitrogen and oxygen atoms in total. The van der Waals surface area contributed by atoms with Crippen molar-refractivity contribution in [3.8, 4) is 11.1 Å². The Morgan fingerprint density at radius 1 is 0.939 bits per heavy atom. The fraction of sp³-hybridized carbons (Fsp3) is 0.0769. The third-order valence-corrected chi connectivity index (χ3v) is 7.43. The molecule has 2 aliphatic rings. The smallest absolute Gasteiger partial charge is 0.248 e. The predicted octanol–water partition coefficient (Wildman–Crippen LogP) is 6.88. The first-order valence-corrected chi connectivity index (χ1v) is 11.9. The topological polar surface area (TPSA) is 58.7 Å². The van der Waals surface area contributed by atoms with Crippen molar-refractivity contribution in [1.82, 2.24) is 4.90 Å². The van der Waals surface area contributed by atoms with Gasteiger partial charge in [-0.05, 0) is 35.2 Å². The molecule has 0 saturated carbocycles. The zero-order chi connectivity index (χ0) is 23.1. The zero-order valence-electron chi connectivity index (χ0n) is 17.6. The third kappa shape index (κ3) is 3.86. The molecule has 1 amide bonds. The Morgan fingerprint density at radius 2 is 1.61 bits per heavy atom. The Balaban J connectivity index is 1.60. The van der Waals surface area contributed by atoms with E-state index in [2.05, 4.69) is 41.4 Å². The number of rotatable bonds is 4. The second-order valence-corrected chi connectivity index (χ2v) is 9.36. The Kier molecular flexibility index (Phi) is 5.79. The Morgan fingerprint density at radius 3 is 2.30 bits per heavy atom. The van der Waals surface area contributed by atoms with Crippen molar-refractivity contribution in [2.75, 3.05) is 0 Å². The van der Waals surface area contributed by atoms with Gasteiger partial charge in [0.2, 0.25) is 5.91 Å². The number of halogens is 2. The van der Waals surface area contributed by atoms with Gasteiger partial charge in [-0.3, -0.25) is 4.79 Å². The van der Waals surface area contributed by atoms with Gasteiger partial charge < -0.3 is 10.6 Å². The lowest BCUT2D eigenvalue weighted by Crippen LogP contribution is -2.37. The minimum absolute atomic E-state index is 0.396. The van der Waals surface area contributed by atoms with Crippen LogP contribution in [0.25, 0.3) is 16.8 Å². The summed E-state index contributed by atoms with van der Waals surface area (Å²) in [6, 6.07) is 23.4. The van der Waals surface area contributed by atoms with Crippen LogP contribution in [0, 0.1) is 0 Å². The van der Waals surface area contributed by atoms with E-state index in [9.17, 15) is 4.79 Å². The van der Waals surface area contributed by atoms with E-state index in [1.807, 2.05) is 40.6 Å². The molecule has 33 heavy (non-hydrogen) atoms. The number of amides is 1. The normalized spacial score (nSPS) is 17.5. The molecule has 2 N–H and O–H groups in total. The summed E-state index contributed by atoms with van der Waals surface area (Å²) in [4.78, 5) is 19.2. The number of primary amides is 1. The van der Waals surface area contributed by atoms with E-state index in [-0.39, 0.29) is 0 Å². The number of thioether (sulfide) groups is 1. The Bertz CT molecular complexity index is 1350. The number of carbonyl (C=O) groups excluding carboxylic acids is 1. The van der Waals surface area contributed by atoms with Gasteiger partial charge in [-0.1, -0.05) is 102 Å². The van der Waals surface area contributed by atoms with E-state index >= 15 is 0 Å². The fourth-order valence-electron chi connectivity index (χ4n) is 4.20. The Labute approximate surface area is 206 Å². The van der Waals surface area contributed by atoms with Crippen molar-refractivity contribution in [2.45, 2.75) is 13.0 Å². The van der Waals surface area contributed by atoms with Crippen LogP contribution in [0.1, 0.15) is 24.1 Å². The summed E-state index contributed by atoms with van der Waals surface area (Å²) >= 11 is 14.5. The van der Waals surface area contributed by atoms with E-state index in [0.717, 1.165) is 27.6 Å². The second-order valence-electron chi connectivity index (χ2n) is 7.74. The standard InChI is InChI=1S/C26H19Cl2N3OS/c1-15-22(25(29)32)24(19-8-5-9-20(27)23(19)28)31-21(14-33-26(31)30-15)18-12-10-17(11-13-18)16-6-3-2-4-7-16/h2-14,24H,1H3,(H2,29,32)/t24-/m0/s1. The van der Waals surface area contributed by atoms with E-state index in [1.165, 1.54) is 11.8 Å². The molecule has 0 bridgehead atoms. The number of hydrogen-bond donors (Lipinski definition) is 1. The summed E-state index contributed by atoms with van der Waals surface area (Å²) in [6.45, 7) is 1.79. The maximum atomic E-state index is 12.5. The quantitative estimate of drug-likeness (QED) is 0.432. The number of nitrogens with two attached hydrogens (primary N) is 1. The summed E-state index contributed by atoms with van der Waals surface area (Å²) < 4.78 is 0. The molecule has 0 radical (unpaired) electrons. The van der Waals surface area contributed by atoms with Gasteiger partial charge in [0.05, 0.1) is 33.1 Å². The zero-order valence-corrected chi connectivity index (χ0v) is 20.0. The lowest BCUT2D eigenvalue weighted by atomic mass is 9.92. The number of amidine groups is 1. The summed E-state index contributed by atoms with van der Waals surface area (Å²) in [5, 5.41) is 3.62. The van der Waals surface area contributed by atoms with Crippen LogP contribution >= 0.6 is 35.0 Å². The molecule has 164 valence electrons. The van der Waals surface area contributed by atoms with Crippen molar-refractivity contribution in [3.63, 3.8) is 0 Å². The third-order valence-electron chi connectivity index (χ3n) is 5.76. The molecule has 0 fully saturated rings. The van der Waals surface area contributed by atoms with Gasteiger partial charge in [0, 0.05) is 5.41 Å². The number of carbonyl (C=O) groups is 1. The van der Waals surface area contributed by atoms with Gasteiger partial charge in [-0.2, -0.15) is 0 Å². The molecule has 0 saturated heterocycles. The van der Waals surface area contributed by atoms with Gasteiger partial charge in [0.25, 0.3) is 0 Å². The SMILES string of the molecule is CC1=C(C(N)=O)[C@H](c2cccc(Cl)c2Cl)N2C(c3ccc(-c4ccccc4)cc3)=CSC2=N1. The van der Waals surface area contributed by atoms with Crippen LogP contribution in [0.4, 0.5) is 0 Å².